The van der Waals surface area contributed by atoms with E-state index < -0.39 is 0 Å². The van der Waals surface area contributed by atoms with Gasteiger partial charge in [0.2, 0.25) is 0 Å². The lowest BCUT2D eigenvalue weighted by Crippen LogP contribution is -2.38. The standard InChI is InChI=1S/C18H37N/c1-5-8-9-17-10-12-18(13-11-17,15-19-4)14-16(6-2)7-3/h16-17,19H,5-15H2,1-4H3. The van der Waals surface area contributed by atoms with Gasteiger partial charge >= 0.3 is 0 Å². The first-order chi connectivity index (χ1) is 9.19. The first kappa shape index (κ1) is 17.0. The molecule has 1 fully saturated rings. The van der Waals surface area contributed by atoms with Gasteiger partial charge in [-0.15, -0.1) is 0 Å². The van der Waals surface area contributed by atoms with E-state index in [2.05, 4.69) is 33.1 Å². The summed E-state index contributed by atoms with van der Waals surface area (Å²) in [6.45, 7) is 8.30. The van der Waals surface area contributed by atoms with Crippen LogP contribution in [0.2, 0.25) is 0 Å². The summed E-state index contributed by atoms with van der Waals surface area (Å²) in [6, 6.07) is 0. The quantitative estimate of drug-likeness (QED) is 0.590. The van der Waals surface area contributed by atoms with Gasteiger partial charge in [-0.25, -0.2) is 0 Å². The van der Waals surface area contributed by atoms with Gasteiger partial charge in [0.05, 0.1) is 0 Å². The van der Waals surface area contributed by atoms with E-state index in [0.717, 1.165) is 11.8 Å². The maximum absolute atomic E-state index is 3.49. The Morgan fingerprint density at radius 1 is 1.11 bits per heavy atom. The molecule has 0 aromatic heterocycles. The molecule has 1 N–H and O–H groups in total. The molecule has 1 aliphatic rings. The number of rotatable bonds is 9. The van der Waals surface area contributed by atoms with E-state index in [9.17, 15) is 0 Å². The van der Waals surface area contributed by atoms with Gasteiger partial charge in [-0.3, -0.25) is 0 Å². The zero-order chi connectivity index (χ0) is 14.1. The Balaban J connectivity index is 2.50. The van der Waals surface area contributed by atoms with Crippen molar-refractivity contribution in [1.29, 1.82) is 0 Å². The second-order valence-corrected chi connectivity index (χ2v) is 7.00. The molecule has 1 saturated carbocycles. The van der Waals surface area contributed by atoms with E-state index in [-0.39, 0.29) is 0 Å². The molecule has 0 aromatic carbocycles. The summed E-state index contributed by atoms with van der Waals surface area (Å²) in [6.07, 6.45) is 14.4. The summed E-state index contributed by atoms with van der Waals surface area (Å²) in [5.41, 5.74) is 0.619. The predicted octanol–water partition coefficient (Wildman–Crippen LogP) is 5.40. The highest BCUT2D eigenvalue weighted by atomic mass is 14.8. The molecule has 0 saturated heterocycles. The molecule has 0 bridgehead atoms. The van der Waals surface area contributed by atoms with Crippen molar-refractivity contribution in [3.05, 3.63) is 0 Å². The maximum Gasteiger partial charge on any atom is 0.000491 e. The minimum Gasteiger partial charge on any atom is -0.319 e. The van der Waals surface area contributed by atoms with Crippen LogP contribution in [0, 0.1) is 17.3 Å². The average molecular weight is 268 g/mol. The van der Waals surface area contributed by atoms with Gasteiger partial charge in [0, 0.05) is 6.54 Å². The van der Waals surface area contributed by atoms with Crippen molar-refractivity contribution < 1.29 is 0 Å². The summed E-state index contributed by atoms with van der Waals surface area (Å²) in [4.78, 5) is 0. The van der Waals surface area contributed by atoms with Crippen LogP contribution >= 0.6 is 0 Å². The van der Waals surface area contributed by atoms with Crippen molar-refractivity contribution in [2.24, 2.45) is 17.3 Å². The van der Waals surface area contributed by atoms with Gasteiger partial charge in [-0.05, 0) is 56.4 Å². The van der Waals surface area contributed by atoms with E-state index in [1.54, 1.807) is 0 Å². The molecule has 0 amide bonds. The molecule has 114 valence electrons. The number of hydrogen-bond donors (Lipinski definition) is 1. The second kappa shape index (κ2) is 9.00. The van der Waals surface area contributed by atoms with Crippen LogP contribution in [0.1, 0.15) is 85.0 Å². The van der Waals surface area contributed by atoms with Crippen molar-refractivity contribution in [2.75, 3.05) is 13.6 Å². The van der Waals surface area contributed by atoms with Crippen LogP contribution in [0.5, 0.6) is 0 Å². The van der Waals surface area contributed by atoms with Crippen LogP contribution in [0.25, 0.3) is 0 Å². The Kier molecular flexibility index (Phi) is 8.06. The molecule has 0 atom stereocenters. The van der Waals surface area contributed by atoms with Crippen LogP contribution in [0.3, 0.4) is 0 Å². The highest BCUT2D eigenvalue weighted by molar-refractivity contribution is 4.88. The highest BCUT2D eigenvalue weighted by Crippen LogP contribution is 2.45. The molecule has 0 aromatic rings. The molecular formula is C18H37N. The van der Waals surface area contributed by atoms with Crippen molar-refractivity contribution in [2.45, 2.75) is 85.0 Å². The molecule has 19 heavy (non-hydrogen) atoms. The minimum atomic E-state index is 0.619. The zero-order valence-corrected chi connectivity index (χ0v) is 13.9. The lowest BCUT2D eigenvalue weighted by Gasteiger charge is -2.42. The largest absolute Gasteiger partial charge is 0.319 e. The Morgan fingerprint density at radius 2 is 1.74 bits per heavy atom. The summed E-state index contributed by atoms with van der Waals surface area (Å²) in [5.74, 6) is 1.98. The van der Waals surface area contributed by atoms with Gasteiger partial charge < -0.3 is 5.32 Å². The fourth-order valence-electron chi connectivity index (χ4n) is 4.09. The molecule has 0 heterocycles. The van der Waals surface area contributed by atoms with E-state index in [4.69, 9.17) is 0 Å². The monoisotopic (exact) mass is 267 g/mol. The summed E-state index contributed by atoms with van der Waals surface area (Å²) in [5, 5.41) is 3.49. The smallest absolute Gasteiger partial charge is 0.000491 e. The normalized spacial score (nSPS) is 27.9. The molecule has 1 nitrogen and oxygen atoms in total. The summed E-state index contributed by atoms with van der Waals surface area (Å²) >= 11 is 0. The van der Waals surface area contributed by atoms with Crippen LogP contribution in [-0.2, 0) is 0 Å². The molecule has 0 unspecified atom stereocenters. The van der Waals surface area contributed by atoms with Gasteiger partial charge in [-0.2, -0.15) is 0 Å². The fourth-order valence-corrected chi connectivity index (χ4v) is 4.09. The van der Waals surface area contributed by atoms with Crippen molar-refractivity contribution in [3.8, 4) is 0 Å². The molecule has 1 heteroatoms. The molecule has 0 radical (unpaired) electrons. The molecule has 1 aliphatic carbocycles. The van der Waals surface area contributed by atoms with Crippen molar-refractivity contribution in [3.63, 3.8) is 0 Å². The highest BCUT2D eigenvalue weighted by Gasteiger charge is 2.35. The third kappa shape index (κ3) is 5.45. The molecular weight excluding hydrogens is 230 g/mol. The number of nitrogens with one attached hydrogen (secondary N) is 1. The minimum absolute atomic E-state index is 0.619. The number of unbranched alkanes of at least 4 members (excludes halogenated alkanes) is 1. The van der Waals surface area contributed by atoms with E-state index in [0.29, 0.717) is 5.41 Å². The molecule has 0 spiro atoms. The average Bonchev–Trinajstić information content (AvgIpc) is 2.44. The third-order valence-corrected chi connectivity index (χ3v) is 5.56. The van der Waals surface area contributed by atoms with Crippen LogP contribution in [-0.4, -0.2) is 13.6 Å². The van der Waals surface area contributed by atoms with Crippen molar-refractivity contribution >= 4 is 0 Å². The van der Waals surface area contributed by atoms with Gasteiger partial charge in [0.25, 0.3) is 0 Å². The Hall–Kier alpha value is -0.0400. The van der Waals surface area contributed by atoms with E-state index in [1.165, 1.54) is 70.8 Å². The van der Waals surface area contributed by atoms with E-state index >= 15 is 0 Å². The molecule has 0 aliphatic heterocycles. The topological polar surface area (TPSA) is 12.0 Å². The lowest BCUT2D eigenvalue weighted by atomic mass is 9.65. The molecule has 1 rings (SSSR count). The number of hydrogen-bond acceptors (Lipinski definition) is 1. The van der Waals surface area contributed by atoms with Gasteiger partial charge in [0.1, 0.15) is 0 Å². The fraction of sp³-hybridized carbons (Fsp3) is 1.00. The Morgan fingerprint density at radius 3 is 2.21 bits per heavy atom. The van der Waals surface area contributed by atoms with Crippen molar-refractivity contribution in [1.82, 2.24) is 5.32 Å². The lowest BCUT2D eigenvalue weighted by molar-refractivity contribution is 0.105. The van der Waals surface area contributed by atoms with Crippen LogP contribution < -0.4 is 5.32 Å². The van der Waals surface area contributed by atoms with Gasteiger partial charge in [-0.1, -0.05) is 52.9 Å². The Bertz CT molecular complexity index is 212. The summed E-state index contributed by atoms with van der Waals surface area (Å²) in [7, 11) is 2.14. The third-order valence-electron chi connectivity index (χ3n) is 5.56. The second-order valence-electron chi connectivity index (χ2n) is 7.00. The first-order valence-electron chi connectivity index (χ1n) is 8.84. The van der Waals surface area contributed by atoms with Crippen LogP contribution in [0.4, 0.5) is 0 Å². The van der Waals surface area contributed by atoms with Crippen LogP contribution in [0.15, 0.2) is 0 Å². The summed E-state index contributed by atoms with van der Waals surface area (Å²) < 4.78 is 0. The first-order valence-corrected chi connectivity index (χ1v) is 8.84. The van der Waals surface area contributed by atoms with Gasteiger partial charge in [0.15, 0.2) is 0 Å². The zero-order valence-electron chi connectivity index (χ0n) is 13.9. The predicted molar refractivity (Wildman–Crippen MR) is 86.5 cm³/mol. The Labute approximate surface area is 121 Å². The SMILES string of the molecule is CCCCC1CCC(CNC)(CC(CC)CC)CC1. The maximum atomic E-state index is 3.49. The van der Waals surface area contributed by atoms with E-state index in [1.807, 2.05) is 0 Å².